The molecule has 0 aliphatic rings. The fourth-order valence-corrected chi connectivity index (χ4v) is 2.43. The molecule has 0 amide bonds. The Labute approximate surface area is 144 Å². The Morgan fingerprint density at radius 3 is 2.60 bits per heavy atom. The largest absolute Gasteiger partial charge is 0.461 e. The first-order valence-corrected chi connectivity index (χ1v) is 7.22. The van der Waals surface area contributed by atoms with E-state index in [0.29, 0.717) is 6.07 Å². The van der Waals surface area contributed by atoms with Crippen LogP contribution in [0.3, 0.4) is 0 Å². The number of hydrogen-bond acceptors (Lipinski definition) is 5. The van der Waals surface area contributed by atoms with Crippen LogP contribution in [0.15, 0.2) is 18.5 Å². The number of hydrogen-bond donors (Lipinski definition) is 0. The van der Waals surface area contributed by atoms with Crippen molar-refractivity contribution in [2.24, 2.45) is 0 Å². The van der Waals surface area contributed by atoms with Gasteiger partial charge >= 0.3 is 12.1 Å². The van der Waals surface area contributed by atoms with Crippen molar-refractivity contribution < 1.29 is 27.6 Å². The van der Waals surface area contributed by atoms with Gasteiger partial charge in [0.05, 0.1) is 27.8 Å². The van der Waals surface area contributed by atoms with Crippen LogP contribution in [0.2, 0.25) is 5.02 Å². The van der Waals surface area contributed by atoms with Crippen molar-refractivity contribution in [1.82, 2.24) is 9.55 Å². The monoisotopic (exact) mass is 377 g/mol. The molecule has 0 spiro atoms. The van der Waals surface area contributed by atoms with Crippen LogP contribution in [0.1, 0.15) is 28.7 Å². The summed E-state index contributed by atoms with van der Waals surface area (Å²) in [6.45, 7) is 3.11. The van der Waals surface area contributed by atoms with E-state index in [-0.39, 0.29) is 23.7 Å². The van der Waals surface area contributed by atoms with Crippen LogP contribution in [0.5, 0.6) is 0 Å². The summed E-state index contributed by atoms with van der Waals surface area (Å²) in [6, 6.07) is 1.16. The van der Waals surface area contributed by atoms with Gasteiger partial charge in [0.2, 0.25) is 0 Å². The lowest BCUT2D eigenvalue weighted by atomic mass is 10.1. The first kappa shape index (κ1) is 18.7. The Bertz CT molecular complexity index is 849. The summed E-state index contributed by atoms with van der Waals surface area (Å²) in [5, 5.41) is 10.5. The molecule has 0 saturated heterocycles. The molecule has 2 aromatic rings. The second-order valence-electron chi connectivity index (χ2n) is 4.84. The molecule has 0 aliphatic carbocycles. The third-order valence-electron chi connectivity index (χ3n) is 3.30. The number of imidazole rings is 1. The quantitative estimate of drug-likeness (QED) is 0.457. The van der Waals surface area contributed by atoms with Gasteiger partial charge in [-0.3, -0.25) is 14.7 Å². The average molecular weight is 378 g/mol. The van der Waals surface area contributed by atoms with Crippen LogP contribution < -0.4 is 0 Å². The molecular weight excluding hydrogens is 367 g/mol. The number of aromatic nitrogens is 2. The van der Waals surface area contributed by atoms with Crippen molar-refractivity contribution in [3.8, 4) is 5.69 Å². The molecule has 0 atom stereocenters. The van der Waals surface area contributed by atoms with E-state index in [1.165, 1.54) is 6.92 Å². The van der Waals surface area contributed by atoms with Gasteiger partial charge in [-0.25, -0.2) is 9.78 Å². The third-order valence-corrected chi connectivity index (χ3v) is 3.61. The summed E-state index contributed by atoms with van der Waals surface area (Å²) in [5.41, 5.74) is -2.34. The van der Waals surface area contributed by atoms with Crippen molar-refractivity contribution in [3.05, 3.63) is 50.5 Å². The van der Waals surface area contributed by atoms with E-state index in [9.17, 15) is 28.1 Å². The van der Waals surface area contributed by atoms with Crippen molar-refractivity contribution >= 4 is 23.3 Å². The Kier molecular flexibility index (Phi) is 5.02. The molecule has 2 rings (SSSR count). The highest BCUT2D eigenvalue weighted by atomic mass is 35.5. The van der Waals surface area contributed by atoms with E-state index >= 15 is 0 Å². The lowest BCUT2D eigenvalue weighted by molar-refractivity contribution is -0.384. The predicted octanol–water partition coefficient (Wildman–Crippen LogP) is 3.94. The number of esters is 1. The van der Waals surface area contributed by atoms with Crippen molar-refractivity contribution in [2.75, 3.05) is 6.61 Å². The molecule has 0 bridgehead atoms. The SMILES string of the molecule is CCOC(=O)c1ncn(-c2cc(Cl)c(C(F)(F)F)cc2[N+](=O)[O-])c1C. The van der Waals surface area contributed by atoms with E-state index in [1.54, 1.807) is 6.92 Å². The minimum absolute atomic E-state index is 0.0946. The summed E-state index contributed by atoms with van der Waals surface area (Å²) in [7, 11) is 0. The summed E-state index contributed by atoms with van der Waals surface area (Å²) < 4.78 is 44.6. The van der Waals surface area contributed by atoms with Crippen molar-refractivity contribution in [2.45, 2.75) is 20.0 Å². The van der Waals surface area contributed by atoms with Crippen LogP contribution in [-0.2, 0) is 10.9 Å². The molecule has 7 nitrogen and oxygen atoms in total. The molecule has 0 unspecified atom stereocenters. The van der Waals surface area contributed by atoms with Gasteiger partial charge in [0.25, 0.3) is 5.69 Å². The Balaban J connectivity index is 2.66. The zero-order chi connectivity index (χ0) is 18.9. The molecule has 1 heterocycles. The molecule has 1 aromatic heterocycles. The molecule has 1 aromatic carbocycles. The Morgan fingerprint density at radius 1 is 1.44 bits per heavy atom. The Morgan fingerprint density at radius 2 is 2.08 bits per heavy atom. The number of alkyl halides is 3. The van der Waals surface area contributed by atoms with Gasteiger partial charge in [-0.05, 0) is 19.9 Å². The number of carbonyl (C=O) groups is 1. The van der Waals surface area contributed by atoms with E-state index in [2.05, 4.69) is 4.98 Å². The van der Waals surface area contributed by atoms with Gasteiger partial charge in [0, 0.05) is 6.07 Å². The number of carbonyl (C=O) groups excluding carboxylic acids is 1. The van der Waals surface area contributed by atoms with Gasteiger partial charge in [0.1, 0.15) is 12.0 Å². The van der Waals surface area contributed by atoms with E-state index in [1.807, 2.05) is 0 Å². The maximum Gasteiger partial charge on any atom is 0.418 e. The standard InChI is InChI=1S/C14H11ClF3N3O4/c1-3-25-13(22)12-7(2)20(6-19-12)10-5-9(15)8(14(16,17)18)4-11(10)21(23)24/h4-6H,3H2,1-2H3. The van der Waals surface area contributed by atoms with Crippen LogP contribution in [0.25, 0.3) is 5.69 Å². The number of halogens is 4. The van der Waals surface area contributed by atoms with Gasteiger partial charge in [-0.1, -0.05) is 11.6 Å². The van der Waals surface area contributed by atoms with Crippen LogP contribution >= 0.6 is 11.6 Å². The van der Waals surface area contributed by atoms with Crippen molar-refractivity contribution in [1.29, 1.82) is 0 Å². The minimum atomic E-state index is -4.85. The maximum absolute atomic E-state index is 12.9. The van der Waals surface area contributed by atoms with E-state index in [4.69, 9.17) is 16.3 Å². The normalized spacial score (nSPS) is 11.4. The van der Waals surface area contributed by atoms with Crippen LogP contribution in [0, 0.1) is 17.0 Å². The summed E-state index contributed by atoms with van der Waals surface area (Å²) >= 11 is 5.64. The average Bonchev–Trinajstić information content (AvgIpc) is 2.87. The van der Waals surface area contributed by atoms with Gasteiger partial charge in [0.15, 0.2) is 5.69 Å². The second kappa shape index (κ2) is 6.71. The van der Waals surface area contributed by atoms with Gasteiger partial charge in [-0.15, -0.1) is 0 Å². The third kappa shape index (κ3) is 3.58. The second-order valence-corrected chi connectivity index (χ2v) is 5.25. The van der Waals surface area contributed by atoms with Gasteiger partial charge in [-0.2, -0.15) is 13.2 Å². The smallest absolute Gasteiger partial charge is 0.418 e. The number of nitro benzene ring substituents is 1. The highest BCUT2D eigenvalue weighted by molar-refractivity contribution is 6.31. The maximum atomic E-state index is 12.9. The van der Waals surface area contributed by atoms with E-state index in [0.717, 1.165) is 17.0 Å². The molecule has 0 N–H and O–H groups in total. The summed E-state index contributed by atoms with van der Waals surface area (Å²) in [5.74, 6) is -0.751. The first-order valence-electron chi connectivity index (χ1n) is 6.84. The predicted molar refractivity (Wildman–Crippen MR) is 80.9 cm³/mol. The highest BCUT2D eigenvalue weighted by Gasteiger charge is 2.36. The molecule has 0 fully saturated rings. The lowest BCUT2D eigenvalue weighted by Crippen LogP contribution is -2.10. The van der Waals surface area contributed by atoms with Crippen LogP contribution in [0.4, 0.5) is 18.9 Å². The zero-order valence-corrected chi connectivity index (χ0v) is 13.7. The fraction of sp³-hybridized carbons (Fsp3) is 0.286. The zero-order valence-electron chi connectivity index (χ0n) is 12.9. The van der Waals surface area contributed by atoms with E-state index < -0.39 is 33.3 Å². The van der Waals surface area contributed by atoms with Crippen molar-refractivity contribution in [3.63, 3.8) is 0 Å². The van der Waals surface area contributed by atoms with Gasteiger partial charge < -0.3 is 4.74 Å². The highest BCUT2D eigenvalue weighted by Crippen LogP contribution is 2.39. The summed E-state index contributed by atoms with van der Waals surface area (Å²) in [6.07, 6.45) is -3.77. The molecular formula is C14H11ClF3N3O4. The minimum Gasteiger partial charge on any atom is -0.461 e. The topological polar surface area (TPSA) is 87.3 Å². The molecule has 0 saturated carbocycles. The molecule has 11 heteroatoms. The molecule has 0 radical (unpaired) electrons. The first-order chi connectivity index (χ1) is 11.6. The number of rotatable bonds is 4. The summed E-state index contributed by atoms with van der Waals surface area (Å²) in [4.78, 5) is 25.8. The number of nitrogens with zero attached hydrogens (tertiary/aromatic N) is 3. The number of nitro groups is 1. The molecule has 25 heavy (non-hydrogen) atoms. The molecule has 134 valence electrons. The lowest BCUT2D eigenvalue weighted by Gasteiger charge is -2.12. The van der Waals surface area contributed by atoms with Crippen LogP contribution in [-0.4, -0.2) is 27.1 Å². The number of ether oxygens (including phenoxy) is 1. The fourth-order valence-electron chi connectivity index (χ4n) is 2.16. The molecule has 0 aliphatic heterocycles. The Hall–Kier alpha value is -2.62. The number of benzene rings is 1.